The number of nitrogens with two attached hydrogens (primary N) is 1. The molecule has 1 unspecified atom stereocenters. The predicted octanol–water partition coefficient (Wildman–Crippen LogP) is 0.806. The van der Waals surface area contributed by atoms with Gasteiger partial charge < -0.3 is 11.1 Å². The van der Waals surface area contributed by atoms with Gasteiger partial charge in [0.2, 0.25) is 5.91 Å². The Morgan fingerprint density at radius 3 is 2.92 bits per heavy atom. The van der Waals surface area contributed by atoms with Crippen LogP contribution < -0.4 is 11.1 Å². The van der Waals surface area contributed by atoms with Crippen LogP contribution in [0.2, 0.25) is 0 Å². The van der Waals surface area contributed by atoms with Gasteiger partial charge in [0.25, 0.3) is 0 Å². The highest BCUT2D eigenvalue weighted by Crippen LogP contribution is 2.34. The number of nitrogens with one attached hydrogen (secondary N) is 1. The van der Waals surface area contributed by atoms with Gasteiger partial charge in [0.15, 0.2) is 0 Å². The van der Waals surface area contributed by atoms with Crippen molar-refractivity contribution in [1.82, 2.24) is 5.32 Å². The normalized spacial score (nSPS) is 33.2. The summed E-state index contributed by atoms with van der Waals surface area (Å²) in [5, 5.41) is 3.14. The number of primary amides is 1. The van der Waals surface area contributed by atoms with Crippen LogP contribution in [0.25, 0.3) is 0 Å². The van der Waals surface area contributed by atoms with E-state index in [4.69, 9.17) is 5.73 Å². The number of amides is 1. The minimum absolute atomic E-state index is 0.0917. The molecule has 1 saturated heterocycles. The predicted molar refractivity (Wildman–Crippen MR) is 53.1 cm³/mol. The lowest BCUT2D eigenvalue weighted by molar-refractivity contribution is -0.119. The van der Waals surface area contributed by atoms with Crippen LogP contribution in [0.4, 0.5) is 0 Å². The van der Waals surface area contributed by atoms with E-state index in [2.05, 4.69) is 18.8 Å². The lowest BCUT2D eigenvalue weighted by Gasteiger charge is -2.22. The first-order valence-corrected chi connectivity index (χ1v) is 4.80. The number of hydrogen-bond donors (Lipinski definition) is 2. The van der Waals surface area contributed by atoms with Gasteiger partial charge in [-0.1, -0.05) is 19.4 Å². The molecule has 3 heteroatoms. The van der Waals surface area contributed by atoms with Gasteiger partial charge in [0, 0.05) is 12.0 Å². The molecular weight excluding hydrogens is 164 g/mol. The van der Waals surface area contributed by atoms with Crippen molar-refractivity contribution >= 4 is 5.91 Å². The Bertz CT molecular complexity index is 215. The standard InChI is InChI=1S/C10H18N2O/c1-3-5-10(4-2)6-8(9(11)13)12-7-10/h4,8,12H,2-3,5-7H2,1H3,(H2,11,13)/t8?,10-/m1/s1. The molecule has 0 radical (unpaired) electrons. The van der Waals surface area contributed by atoms with Crippen LogP contribution in [0, 0.1) is 5.41 Å². The lowest BCUT2D eigenvalue weighted by atomic mass is 9.81. The Labute approximate surface area is 79.4 Å². The van der Waals surface area contributed by atoms with Crippen molar-refractivity contribution in [1.29, 1.82) is 0 Å². The maximum absolute atomic E-state index is 10.9. The van der Waals surface area contributed by atoms with Gasteiger partial charge >= 0.3 is 0 Å². The van der Waals surface area contributed by atoms with Crippen molar-refractivity contribution in [3.8, 4) is 0 Å². The highest BCUT2D eigenvalue weighted by Gasteiger charge is 2.37. The molecule has 1 fully saturated rings. The van der Waals surface area contributed by atoms with Gasteiger partial charge in [0.1, 0.15) is 0 Å². The molecule has 3 N–H and O–H groups in total. The summed E-state index contributed by atoms with van der Waals surface area (Å²) in [5.41, 5.74) is 5.33. The van der Waals surface area contributed by atoms with Gasteiger partial charge in [-0.2, -0.15) is 0 Å². The molecule has 74 valence electrons. The van der Waals surface area contributed by atoms with Gasteiger partial charge in [-0.3, -0.25) is 4.79 Å². The smallest absolute Gasteiger partial charge is 0.234 e. The fourth-order valence-corrected chi connectivity index (χ4v) is 2.02. The van der Waals surface area contributed by atoms with E-state index < -0.39 is 0 Å². The second-order valence-corrected chi connectivity index (χ2v) is 3.86. The summed E-state index contributed by atoms with van der Waals surface area (Å²) in [6.07, 6.45) is 4.96. The monoisotopic (exact) mass is 182 g/mol. The van der Waals surface area contributed by atoms with E-state index in [0.29, 0.717) is 0 Å². The van der Waals surface area contributed by atoms with Crippen LogP contribution in [0.3, 0.4) is 0 Å². The Morgan fingerprint density at radius 2 is 2.54 bits per heavy atom. The molecule has 0 aromatic rings. The van der Waals surface area contributed by atoms with E-state index in [0.717, 1.165) is 25.8 Å². The van der Waals surface area contributed by atoms with Gasteiger partial charge in [0.05, 0.1) is 6.04 Å². The first-order chi connectivity index (χ1) is 6.13. The van der Waals surface area contributed by atoms with E-state index in [1.165, 1.54) is 0 Å². The Hall–Kier alpha value is -0.830. The zero-order chi connectivity index (χ0) is 9.90. The number of carbonyl (C=O) groups excluding carboxylic acids is 1. The quantitative estimate of drug-likeness (QED) is 0.632. The molecule has 1 aliphatic rings. The highest BCUT2D eigenvalue weighted by atomic mass is 16.1. The molecule has 0 aliphatic carbocycles. The molecule has 0 bridgehead atoms. The minimum atomic E-state index is -0.250. The number of carbonyl (C=O) groups is 1. The molecule has 1 heterocycles. The molecule has 1 amide bonds. The van der Waals surface area contributed by atoms with E-state index in [-0.39, 0.29) is 17.4 Å². The molecule has 13 heavy (non-hydrogen) atoms. The molecule has 0 aromatic heterocycles. The fourth-order valence-electron chi connectivity index (χ4n) is 2.02. The van der Waals surface area contributed by atoms with Crippen molar-refractivity contribution < 1.29 is 4.79 Å². The van der Waals surface area contributed by atoms with Crippen LogP contribution in [-0.2, 0) is 4.79 Å². The van der Waals surface area contributed by atoms with Gasteiger partial charge in [-0.25, -0.2) is 0 Å². The second-order valence-electron chi connectivity index (χ2n) is 3.86. The summed E-state index contributed by atoms with van der Waals surface area (Å²) in [6.45, 7) is 6.81. The third-order valence-electron chi connectivity index (χ3n) is 2.84. The van der Waals surface area contributed by atoms with E-state index >= 15 is 0 Å². The first kappa shape index (κ1) is 10.3. The summed E-state index contributed by atoms with van der Waals surface area (Å²) in [7, 11) is 0. The average Bonchev–Trinajstić information content (AvgIpc) is 2.51. The molecule has 1 rings (SSSR count). The summed E-state index contributed by atoms with van der Waals surface area (Å²) < 4.78 is 0. The van der Waals surface area contributed by atoms with Crippen LogP contribution in [0.15, 0.2) is 12.7 Å². The summed E-state index contributed by atoms with van der Waals surface area (Å²) in [5.74, 6) is -0.250. The summed E-state index contributed by atoms with van der Waals surface area (Å²) in [4.78, 5) is 10.9. The summed E-state index contributed by atoms with van der Waals surface area (Å²) in [6, 6.07) is -0.162. The van der Waals surface area contributed by atoms with E-state index in [1.54, 1.807) is 0 Å². The second kappa shape index (κ2) is 3.92. The van der Waals surface area contributed by atoms with Crippen LogP contribution in [0.1, 0.15) is 26.2 Å². The van der Waals surface area contributed by atoms with Crippen LogP contribution in [-0.4, -0.2) is 18.5 Å². The lowest BCUT2D eigenvalue weighted by Crippen LogP contribution is -2.36. The van der Waals surface area contributed by atoms with Crippen molar-refractivity contribution in [3.05, 3.63) is 12.7 Å². The Morgan fingerprint density at radius 1 is 1.85 bits per heavy atom. The Balaban J connectivity index is 2.62. The van der Waals surface area contributed by atoms with E-state index in [9.17, 15) is 4.79 Å². The van der Waals surface area contributed by atoms with E-state index in [1.807, 2.05) is 6.08 Å². The highest BCUT2D eigenvalue weighted by molar-refractivity contribution is 5.80. The zero-order valence-electron chi connectivity index (χ0n) is 8.18. The summed E-state index contributed by atoms with van der Waals surface area (Å²) >= 11 is 0. The first-order valence-electron chi connectivity index (χ1n) is 4.80. The zero-order valence-corrected chi connectivity index (χ0v) is 8.18. The third kappa shape index (κ3) is 2.10. The Kier molecular flexibility index (Phi) is 3.09. The van der Waals surface area contributed by atoms with Crippen LogP contribution >= 0.6 is 0 Å². The molecule has 3 nitrogen and oxygen atoms in total. The SMILES string of the molecule is C=C[C@]1(CCC)CNC(C(N)=O)C1. The van der Waals surface area contributed by atoms with Crippen molar-refractivity contribution in [3.63, 3.8) is 0 Å². The number of rotatable bonds is 4. The van der Waals surface area contributed by atoms with Crippen LogP contribution in [0.5, 0.6) is 0 Å². The van der Waals surface area contributed by atoms with Crippen molar-refractivity contribution in [2.75, 3.05) is 6.54 Å². The molecule has 0 aromatic carbocycles. The van der Waals surface area contributed by atoms with Gasteiger partial charge in [-0.05, 0) is 12.8 Å². The molecular formula is C10H18N2O. The molecule has 0 spiro atoms. The molecule has 1 aliphatic heterocycles. The van der Waals surface area contributed by atoms with Crippen molar-refractivity contribution in [2.45, 2.75) is 32.2 Å². The maximum atomic E-state index is 10.9. The maximum Gasteiger partial charge on any atom is 0.234 e. The van der Waals surface area contributed by atoms with Crippen molar-refractivity contribution in [2.24, 2.45) is 11.1 Å². The minimum Gasteiger partial charge on any atom is -0.368 e. The fraction of sp³-hybridized carbons (Fsp3) is 0.700. The average molecular weight is 182 g/mol. The molecule has 2 atom stereocenters. The topological polar surface area (TPSA) is 55.1 Å². The van der Waals surface area contributed by atoms with Gasteiger partial charge in [-0.15, -0.1) is 6.58 Å². The number of hydrogen-bond acceptors (Lipinski definition) is 2. The molecule has 0 saturated carbocycles. The third-order valence-corrected chi connectivity index (χ3v) is 2.84. The largest absolute Gasteiger partial charge is 0.368 e.